The Kier molecular flexibility index (Phi) is 2.92. The minimum atomic E-state index is -0.501. The first kappa shape index (κ1) is 12.4. The lowest BCUT2D eigenvalue weighted by molar-refractivity contribution is -0.114. The van der Waals surface area contributed by atoms with E-state index in [1.54, 1.807) is 4.90 Å². The first-order valence-electron chi connectivity index (χ1n) is 6.30. The van der Waals surface area contributed by atoms with Gasteiger partial charge in [0.15, 0.2) is 0 Å². The third-order valence-corrected chi connectivity index (χ3v) is 3.67. The second kappa shape index (κ2) is 4.00. The van der Waals surface area contributed by atoms with Crippen molar-refractivity contribution in [1.29, 1.82) is 0 Å². The molecular formula is C13H21NO3. The van der Waals surface area contributed by atoms with E-state index in [1.807, 2.05) is 20.8 Å². The second-order valence-electron chi connectivity index (χ2n) is 6.33. The molecule has 1 atom stereocenters. The number of carbonyl (C=O) groups excluding carboxylic acids is 2. The van der Waals surface area contributed by atoms with Crippen molar-refractivity contribution in [2.24, 2.45) is 5.41 Å². The maximum atomic E-state index is 12.0. The van der Waals surface area contributed by atoms with E-state index in [4.69, 9.17) is 4.74 Å². The van der Waals surface area contributed by atoms with E-state index < -0.39 is 5.60 Å². The van der Waals surface area contributed by atoms with Crippen LogP contribution in [0.2, 0.25) is 0 Å². The highest BCUT2D eigenvalue weighted by Crippen LogP contribution is 2.55. The topological polar surface area (TPSA) is 46.6 Å². The van der Waals surface area contributed by atoms with Gasteiger partial charge in [-0.05, 0) is 51.9 Å². The SMILES string of the molecule is CC(C)(C)OC(=O)N1CCC2(CC2)C[C@@H]1C=O. The van der Waals surface area contributed by atoms with Crippen LogP contribution in [0.3, 0.4) is 0 Å². The molecule has 2 aliphatic rings. The summed E-state index contributed by atoms with van der Waals surface area (Å²) in [6.45, 7) is 6.17. The van der Waals surface area contributed by atoms with Gasteiger partial charge in [0, 0.05) is 6.54 Å². The molecule has 0 aromatic rings. The number of likely N-dealkylation sites (tertiary alicyclic amines) is 1. The van der Waals surface area contributed by atoms with Gasteiger partial charge in [-0.2, -0.15) is 0 Å². The van der Waals surface area contributed by atoms with Gasteiger partial charge in [-0.3, -0.25) is 4.90 Å². The van der Waals surface area contributed by atoms with E-state index in [0.717, 1.165) is 19.1 Å². The Morgan fingerprint density at radius 2 is 2.00 bits per heavy atom. The number of aldehydes is 1. The molecule has 0 aromatic carbocycles. The van der Waals surface area contributed by atoms with Crippen LogP contribution in [0.1, 0.15) is 46.5 Å². The molecule has 0 radical (unpaired) electrons. The molecule has 1 aliphatic heterocycles. The monoisotopic (exact) mass is 239 g/mol. The summed E-state index contributed by atoms with van der Waals surface area (Å²) in [6, 6.07) is -0.291. The molecule has 0 aromatic heterocycles. The summed E-state index contributed by atoms with van der Waals surface area (Å²) < 4.78 is 5.33. The molecule has 1 heterocycles. The number of piperidine rings is 1. The lowest BCUT2D eigenvalue weighted by atomic mass is 9.89. The Bertz CT molecular complexity index is 328. The summed E-state index contributed by atoms with van der Waals surface area (Å²) >= 11 is 0. The van der Waals surface area contributed by atoms with Crippen molar-refractivity contribution in [1.82, 2.24) is 4.90 Å². The van der Waals surface area contributed by atoms with E-state index in [-0.39, 0.29) is 12.1 Å². The minimum absolute atomic E-state index is 0.291. The number of nitrogens with zero attached hydrogens (tertiary/aromatic N) is 1. The fraction of sp³-hybridized carbons (Fsp3) is 0.846. The fourth-order valence-corrected chi connectivity index (χ4v) is 2.48. The molecule has 4 nitrogen and oxygen atoms in total. The Morgan fingerprint density at radius 1 is 1.35 bits per heavy atom. The van der Waals surface area contributed by atoms with E-state index >= 15 is 0 Å². The number of hydrogen-bond acceptors (Lipinski definition) is 3. The first-order valence-corrected chi connectivity index (χ1v) is 6.30. The molecule has 17 heavy (non-hydrogen) atoms. The molecule has 96 valence electrons. The highest BCUT2D eigenvalue weighted by atomic mass is 16.6. The zero-order valence-electron chi connectivity index (χ0n) is 10.9. The second-order valence-corrected chi connectivity index (χ2v) is 6.33. The van der Waals surface area contributed by atoms with Gasteiger partial charge < -0.3 is 9.53 Å². The van der Waals surface area contributed by atoms with Gasteiger partial charge >= 0.3 is 6.09 Å². The number of ether oxygens (including phenoxy) is 1. The number of amides is 1. The van der Waals surface area contributed by atoms with Crippen LogP contribution >= 0.6 is 0 Å². The summed E-state index contributed by atoms with van der Waals surface area (Å²) in [4.78, 5) is 24.7. The van der Waals surface area contributed by atoms with Crippen molar-refractivity contribution in [2.45, 2.75) is 58.1 Å². The summed E-state index contributed by atoms with van der Waals surface area (Å²) in [7, 11) is 0. The molecule has 1 saturated heterocycles. The maximum Gasteiger partial charge on any atom is 0.410 e. The molecule has 1 aliphatic carbocycles. The standard InChI is InChI=1S/C13H21NO3/c1-12(2,3)17-11(16)14-7-6-13(4-5-13)8-10(14)9-15/h9-10H,4-8H2,1-3H3/t10-/m1/s1. The average molecular weight is 239 g/mol. The van der Waals surface area contributed by atoms with Crippen LogP contribution in [0.25, 0.3) is 0 Å². The third kappa shape index (κ3) is 2.79. The van der Waals surface area contributed by atoms with Crippen LogP contribution in [0.5, 0.6) is 0 Å². The third-order valence-electron chi connectivity index (χ3n) is 3.67. The lowest BCUT2D eigenvalue weighted by Gasteiger charge is -2.37. The predicted octanol–water partition coefficient (Wildman–Crippen LogP) is 2.37. The summed E-state index contributed by atoms with van der Waals surface area (Å²) in [5.74, 6) is 0. The van der Waals surface area contributed by atoms with Crippen LogP contribution < -0.4 is 0 Å². The predicted molar refractivity (Wildman–Crippen MR) is 63.7 cm³/mol. The minimum Gasteiger partial charge on any atom is -0.444 e. The van der Waals surface area contributed by atoms with Gasteiger partial charge in [0.2, 0.25) is 0 Å². The van der Waals surface area contributed by atoms with E-state index in [0.29, 0.717) is 12.0 Å². The zero-order valence-corrected chi connectivity index (χ0v) is 10.9. The van der Waals surface area contributed by atoms with Crippen molar-refractivity contribution in [3.63, 3.8) is 0 Å². The van der Waals surface area contributed by atoms with E-state index in [1.165, 1.54) is 12.8 Å². The van der Waals surface area contributed by atoms with Crippen molar-refractivity contribution >= 4 is 12.4 Å². The van der Waals surface area contributed by atoms with Gasteiger partial charge in [0.25, 0.3) is 0 Å². The molecule has 0 bridgehead atoms. The molecular weight excluding hydrogens is 218 g/mol. The Hall–Kier alpha value is -1.06. The van der Waals surface area contributed by atoms with Gasteiger partial charge in [0.1, 0.15) is 11.9 Å². The van der Waals surface area contributed by atoms with E-state index in [9.17, 15) is 9.59 Å². The van der Waals surface area contributed by atoms with Crippen LogP contribution in [0.15, 0.2) is 0 Å². The lowest BCUT2D eigenvalue weighted by Crippen LogP contribution is -2.49. The smallest absolute Gasteiger partial charge is 0.410 e. The number of hydrogen-bond donors (Lipinski definition) is 0. The van der Waals surface area contributed by atoms with Crippen molar-refractivity contribution in [3.8, 4) is 0 Å². The fourth-order valence-electron chi connectivity index (χ4n) is 2.48. The molecule has 2 fully saturated rings. The molecule has 4 heteroatoms. The Labute approximate surface area is 102 Å². The molecule has 1 saturated carbocycles. The highest BCUT2D eigenvalue weighted by Gasteiger charge is 2.49. The van der Waals surface area contributed by atoms with Crippen molar-refractivity contribution in [2.75, 3.05) is 6.54 Å². The normalized spacial score (nSPS) is 26.8. The molecule has 0 N–H and O–H groups in total. The zero-order chi connectivity index (χ0) is 12.7. The summed E-state index contributed by atoms with van der Waals surface area (Å²) in [5.41, 5.74) is -0.136. The maximum absolute atomic E-state index is 12.0. The summed E-state index contributed by atoms with van der Waals surface area (Å²) in [6.07, 6.45) is 4.78. The largest absolute Gasteiger partial charge is 0.444 e. The van der Waals surface area contributed by atoms with Crippen molar-refractivity contribution in [3.05, 3.63) is 0 Å². The van der Waals surface area contributed by atoms with Crippen LogP contribution in [0, 0.1) is 5.41 Å². The number of carbonyl (C=O) groups is 2. The van der Waals surface area contributed by atoms with Gasteiger partial charge in [-0.15, -0.1) is 0 Å². The average Bonchev–Trinajstić information content (AvgIpc) is 2.95. The molecule has 2 rings (SSSR count). The molecule has 0 unspecified atom stereocenters. The molecule has 1 amide bonds. The Balaban J connectivity index is 2.00. The Morgan fingerprint density at radius 3 is 2.47 bits per heavy atom. The quantitative estimate of drug-likeness (QED) is 0.660. The van der Waals surface area contributed by atoms with Crippen LogP contribution in [0.4, 0.5) is 4.79 Å². The molecule has 1 spiro atoms. The first-order chi connectivity index (χ1) is 7.85. The van der Waals surface area contributed by atoms with Crippen LogP contribution in [-0.4, -0.2) is 35.5 Å². The highest BCUT2D eigenvalue weighted by molar-refractivity contribution is 5.74. The van der Waals surface area contributed by atoms with Gasteiger partial charge in [-0.25, -0.2) is 4.79 Å². The number of rotatable bonds is 1. The van der Waals surface area contributed by atoms with Gasteiger partial charge in [0.05, 0.1) is 6.04 Å². The summed E-state index contributed by atoms with van der Waals surface area (Å²) in [5, 5.41) is 0. The van der Waals surface area contributed by atoms with Crippen LogP contribution in [-0.2, 0) is 9.53 Å². The van der Waals surface area contributed by atoms with Gasteiger partial charge in [-0.1, -0.05) is 0 Å². The van der Waals surface area contributed by atoms with E-state index in [2.05, 4.69) is 0 Å². The van der Waals surface area contributed by atoms with Crippen molar-refractivity contribution < 1.29 is 14.3 Å².